The topological polar surface area (TPSA) is 84.2 Å². The molecule has 0 aromatic carbocycles. The lowest BCUT2D eigenvalue weighted by Gasteiger charge is -2.04. The summed E-state index contributed by atoms with van der Waals surface area (Å²) >= 11 is 0. The number of hydrogen-bond donors (Lipinski definition) is 0. The quantitative estimate of drug-likeness (QED) is 0.626. The van der Waals surface area contributed by atoms with Crippen LogP contribution in [0.4, 0.5) is 0 Å². The number of esters is 1. The van der Waals surface area contributed by atoms with Crippen molar-refractivity contribution >= 4 is 15.8 Å². The fourth-order valence-electron chi connectivity index (χ4n) is 0.636. The molecular formula is C9H13NO4S. The third kappa shape index (κ3) is 6.69. The van der Waals surface area contributed by atoms with Gasteiger partial charge in [-0.1, -0.05) is 6.58 Å². The van der Waals surface area contributed by atoms with Crippen LogP contribution in [-0.2, 0) is 19.4 Å². The maximum atomic E-state index is 11.0. The first-order chi connectivity index (χ1) is 6.91. The number of rotatable bonds is 6. The van der Waals surface area contributed by atoms with Gasteiger partial charge in [-0.15, -0.1) is 0 Å². The summed E-state index contributed by atoms with van der Waals surface area (Å²) < 4.78 is 26.5. The van der Waals surface area contributed by atoms with Crippen LogP contribution < -0.4 is 0 Å². The molecule has 0 radical (unpaired) electrons. The lowest BCUT2D eigenvalue weighted by atomic mass is 10.2. The summed E-state index contributed by atoms with van der Waals surface area (Å²) in [6.07, 6.45) is -0.216. The predicted molar refractivity (Wildman–Crippen MR) is 54.3 cm³/mol. The van der Waals surface area contributed by atoms with E-state index in [1.165, 1.54) is 0 Å². The van der Waals surface area contributed by atoms with E-state index in [1.54, 1.807) is 6.92 Å². The van der Waals surface area contributed by atoms with Gasteiger partial charge in [0.1, 0.15) is 6.61 Å². The third-order valence-electron chi connectivity index (χ3n) is 1.56. The smallest absolute Gasteiger partial charge is 0.306 e. The minimum atomic E-state index is -3.36. The molecule has 0 aliphatic carbocycles. The van der Waals surface area contributed by atoms with E-state index in [9.17, 15) is 13.2 Å². The summed E-state index contributed by atoms with van der Waals surface area (Å²) in [7, 11) is -3.36. The molecule has 0 aromatic rings. The van der Waals surface area contributed by atoms with Gasteiger partial charge in [0.2, 0.25) is 0 Å². The summed E-state index contributed by atoms with van der Waals surface area (Å²) in [6, 6.07) is 1.89. The van der Waals surface area contributed by atoms with Gasteiger partial charge in [-0.2, -0.15) is 5.26 Å². The first-order valence-corrected chi connectivity index (χ1v) is 6.03. The van der Waals surface area contributed by atoms with E-state index >= 15 is 0 Å². The third-order valence-corrected chi connectivity index (χ3v) is 2.84. The normalized spacial score (nSPS) is 12.5. The molecule has 0 bridgehead atoms. The predicted octanol–water partition coefficient (Wildman–Crippen LogP) is 0.638. The van der Waals surface area contributed by atoms with Crippen LogP contribution in [-0.4, -0.2) is 26.7 Å². The summed E-state index contributed by atoms with van der Waals surface area (Å²) in [5, 5.41) is 9.20. The van der Waals surface area contributed by atoms with E-state index in [0.717, 1.165) is 5.41 Å². The zero-order valence-electron chi connectivity index (χ0n) is 8.47. The zero-order valence-corrected chi connectivity index (χ0v) is 9.29. The molecule has 0 saturated carbocycles. The van der Waals surface area contributed by atoms with Crippen molar-refractivity contribution in [3.63, 3.8) is 0 Å². The van der Waals surface area contributed by atoms with Crippen LogP contribution in [0.2, 0.25) is 0 Å². The molecule has 0 aliphatic heterocycles. The molecular weight excluding hydrogens is 218 g/mol. The molecule has 15 heavy (non-hydrogen) atoms. The van der Waals surface area contributed by atoms with Crippen molar-refractivity contribution in [2.24, 2.45) is 5.92 Å². The maximum Gasteiger partial charge on any atom is 0.306 e. The van der Waals surface area contributed by atoms with E-state index in [2.05, 4.69) is 11.3 Å². The zero-order chi connectivity index (χ0) is 11.9. The van der Waals surface area contributed by atoms with Crippen LogP contribution in [0.5, 0.6) is 0 Å². The second-order valence-electron chi connectivity index (χ2n) is 3.00. The van der Waals surface area contributed by atoms with Gasteiger partial charge in [0.15, 0.2) is 9.84 Å². The number of carbonyl (C=O) groups excluding carboxylic acids is 1. The van der Waals surface area contributed by atoms with E-state index in [0.29, 0.717) is 0 Å². The van der Waals surface area contributed by atoms with Crippen LogP contribution in [0.1, 0.15) is 13.3 Å². The lowest BCUT2D eigenvalue weighted by molar-refractivity contribution is -0.143. The number of sulfone groups is 1. The van der Waals surface area contributed by atoms with Crippen molar-refractivity contribution in [3.05, 3.63) is 12.0 Å². The number of nitrogens with zero attached hydrogens (tertiary/aromatic N) is 1. The molecule has 0 saturated heterocycles. The fraction of sp³-hybridized carbons (Fsp3) is 0.556. The van der Waals surface area contributed by atoms with Crippen LogP contribution in [0.25, 0.3) is 0 Å². The van der Waals surface area contributed by atoms with E-state index in [1.807, 2.05) is 6.07 Å². The number of ether oxygens (including phenoxy) is 1. The van der Waals surface area contributed by atoms with Crippen molar-refractivity contribution in [2.75, 3.05) is 12.4 Å². The van der Waals surface area contributed by atoms with Gasteiger partial charge in [0.05, 0.1) is 24.2 Å². The Morgan fingerprint density at radius 3 is 2.73 bits per heavy atom. The van der Waals surface area contributed by atoms with Gasteiger partial charge < -0.3 is 4.74 Å². The van der Waals surface area contributed by atoms with E-state index < -0.39 is 15.8 Å². The Balaban J connectivity index is 3.88. The van der Waals surface area contributed by atoms with Crippen LogP contribution in [0.15, 0.2) is 12.0 Å². The highest BCUT2D eigenvalue weighted by molar-refractivity contribution is 7.94. The van der Waals surface area contributed by atoms with E-state index in [4.69, 9.17) is 5.26 Å². The minimum absolute atomic E-state index is 0.0104. The summed E-state index contributed by atoms with van der Waals surface area (Å²) in [5.41, 5.74) is 0. The van der Waals surface area contributed by atoms with Crippen LogP contribution >= 0.6 is 0 Å². The number of nitriles is 1. The molecule has 0 fully saturated rings. The Kier molecular flexibility index (Phi) is 5.64. The highest BCUT2D eigenvalue weighted by atomic mass is 32.2. The highest BCUT2D eigenvalue weighted by Gasteiger charge is 2.11. The van der Waals surface area contributed by atoms with Crippen molar-refractivity contribution in [1.82, 2.24) is 0 Å². The Hall–Kier alpha value is -1.35. The first-order valence-electron chi connectivity index (χ1n) is 4.31. The summed E-state index contributed by atoms with van der Waals surface area (Å²) in [5.74, 6) is -1.32. The molecule has 1 atom stereocenters. The highest BCUT2D eigenvalue weighted by Crippen LogP contribution is 1.99. The molecule has 1 unspecified atom stereocenters. The lowest BCUT2D eigenvalue weighted by Crippen LogP contribution is -2.14. The summed E-state index contributed by atoms with van der Waals surface area (Å²) in [6.45, 7) is 4.71. The number of hydrogen-bond acceptors (Lipinski definition) is 5. The standard InChI is InChI=1S/C9H13NO4S/c1-3-15(12,13)5-4-9(11)14-7-8(2)6-10/h3,8H,1,4-5,7H2,2H3. The van der Waals surface area contributed by atoms with Gasteiger partial charge in [0, 0.05) is 5.41 Å². The molecule has 0 amide bonds. The van der Waals surface area contributed by atoms with Gasteiger partial charge >= 0.3 is 5.97 Å². The van der Waals surface area contributed by atoms with Gasteiger partial charge in [-0.3, -0.25) is 4.79 Å². The Bertz CT molecular complexity index is 366. The van der Waals surface area contributed by atoms with Crippen molar-refractivity contribution in [1.29, 1.82) is 5.26 Å². The summed E-state index contributed by atoms with van der Waals surface area (Å²) in [4.78, 5) is 11.0. The van der Waals surface area contributed by atoms with Gasteiger partial charge in [-0.25, -0.2) is 8.42 Å². The molecule has 0 spiro atoms. The molecule has 0 heterocycles. The van der Waals surface area contributed by atoms with Crippen LogP contribution in [0.3, 0.4) is 0 Å². The molecule has 5 nitrogen and oxygen atoms in total. The first kappa shape index (κ1) is 13.7. The number of carbonyl (C=O) groups is 1. The van der Waals surface area contributed by atoms with Gasteiger partial charge in [0.25, 0.3) is 0 Å². The molecule has 84 valence electrons. The molecule has 0 rings (SSSR count). The van der Waals surface area contributed by atoms with Crippen molar-refractivity contribution < 1.29 is 17.9 Å². The fourth-order valence-corrected chi connectivity index (χ4v) is 1.25. The van der Waals surface area contributed by atoms with E-state index in [-0.39, 0.29) is 24.7 Å². The molecule has 0 aromatic heterocycles. The Morgan fingerprint density at radius 2 is 2.27 bits per heavy atom. The molecule has 6 heteroatoms. The Morgan fingerprint density at radius 1 is 1.67 bits per heavy atom. The monoisotopic (exact) mass is 231 g/mol. The molecule has 0 N–H and O–H groups in total. The second-order valence-corrected chi connectivity index (χ2v) is 5.06. The van der Waals surface area contributed by atoms with Crippen molar-refractivity contribution in [3.8, 4) is 6.07 Å². The molecule has 0 aliphatic rings. The minimum Gasteiger partial charge on any atom is -0.464 e. The largest absolute Gasteiger partial charge is 0.464 e. The second kappa shape index (κ2) is 6.19. The SMILES string of the molecule is C=CS(=O)(=O)CCC(=O)OCC(C)C#N. The van der Waals surface area contributed by atoms with Crippen molar-refractivity contribution in [2.45, 2.75) is 13.3 Å². The average molecular weight is 231 g/mol. The van der Waals surface area contributed by atoms with Crippen LogP contribution in [0, 0.1) is 17.2 Å². The Labute approximate surface area is 89.3 Å². The maximum absolute atomic E-state index is 11.0. The average Bonchev–Trinajstić information content (AvgIpc) is 2.23. The van der Waals surface area contributed by atoms with Gasteiger partial charge in [-0.05, 0) is 6.92 Å².